The van der Waals surface area contributed by atoms with Gasteiger partial charge in [0.2, 0.25) is 16.9 Å². The van der Waals surface area contributed by atoms with E-state index in [0.29, 0.717) is 28.8 Å². The number of nitrogens with two attached hydrogens (primary N) is 1. The molecule has 9 heteroatoms. The van der Waals surface area contributed by atoms with Crippen LogP contribution in [0.3, 0.4) is 0 Å². The minimum atomic E-state index is -0.264. The minimum Gasteiger partial charge on any atom is -0.461 e. The van der Waals surface area contributed by atoms with Gasteiger partial charge in [0.05, 0.1) is 12.0 Å². The lowest BCUT2D eigenvalue weighted by Crippen LogP contribution is -2.25. The number of thioether (sulfide) groups is 1. The third-order valence-electron chi connectivity index (χ3n) is 3.45. The molecule has 1 amide bonds. The number of halogens is 1. The van der Waals surface area contributed by atoms with Crippen LogP contribution in [0.2, 0.25) is 0 Å². The van der Waals surface area contributed by atoms with Crippen molar-refractivity contribution < 1.29 is 13.6 Å². The van der Waals surface area contributed by atoms with Crippen LogP contribution in [0.1, 0.15) is 11.1 Å². The highest BCUT2D eigenvalue weighted by molar-refractivity contribution is 7.99. The Morgan fingerprint density at radius 3 is 2.96 bits per heavy atom. The van der Waals surface area contributed by atoms with Crippen LogP contribution in [-0.2, 0) is 11.3 Å². The van der Waals surface area contributed by atoms with E-state index in [2.05, 4.69) is 15.5 Å². The summed E-state index contributed by atoms with van der Waals surface area (Å²) in [7, 11) is 0. The summed E-state index contributed by atoms with van der Waals surface area (Å²) in [5.74, 6) is 6.49. The van der Waals surface area contributed by atoms with Gasteiger partial charge < -0.3 is 15.6 Å². The topological polar surface area (TPSA) is 99.0 Å². The van der Waals surface area contributed by atoms with E-state index >= 15 is 0 Å². The zero-order valence-electron chi connectivity index (χ0n) is 13.4. The monoisotopic (exact) mass is 361 g/mol. The molecule has 0 bridgehead atoms. The number of nitrogens with one attached hydrogen (secondary N) is 1. The van der Waals surface area contributed by atoms with Crippen molar-refractivity contribution in [3.63, 3.8) is 0 Å². The Morgan fingerprint density at radius 1 is 1.40 bits per heavy atom. The van der Waals surface area contributed by atoms with Gasteiger partial charge in [0.1, 0.15) is 5.82 Å². The third kappa shape index (κ3) is 4.00. The average Bonchev–Trinajstić information content (AvgIpc) is 3.24. The molecule has 0 aliphatic rings. The number of hydrogen-bond donors (Lipinski definition) is 2. The summed E-state index contributed by atoms with van der Waals surface area (Å²) in [5.41, 5.74) is 1.38. The van der Waals surface area contributed by atoms with Crippen molar-refractivity contribution in [2.75, 3.05) is 11.6 Å². The Morgan fingerprint density at radius 2 is 2.24 bits per heavy atom. The maximum atomic E-state index is 13.2. The molecule has 0 fully saturated rings. The molecule has 25 heavy (non-hydrogen) atoms. The normalized spacial score (nSPS) is 10.8. The Balaban J connectivity index is 1.53. The Kier molecular flexibility index (Phi) is 5.03. The molecule has 0 radical (unpaired) electrons. The van der Waals surface area contributed by atoms with E-state index in [1.54, 1.807) is 31.2 Å². The number of furan rings is 1. The molecule has 0 spiro atoms. The van der Waals surface area contributed by atoms with Gasteiger partial charge in [-0.3, -0.25) is 4.79 Å². The van der Waals surface area contributed by atoms with Gasteiger partial charge in [0, 0.05) is 6.54 Å². The molecule has 3 rings (SSSR count). The predicted octanol–water partition coefficient (Wildman–Crippen LogP) is 2.11. The number of rotatable bonds is 6. The molecular formula is C16H16FN5O2S. The number of aromatic nitrogens is 3. The molecule has 1 aromatic carbocycles. The number of hydrogen-bond acceptors (Lipinski definition) is 6. The van der Waals surface area contributed by atoms with Gasteiger partial charge in [0.15, 0.2) is 5.76 Å². The summed E-state index contributed by atoms with van der Waals surface area (Å²) < 4.78 is 19.7. The van der Waals surface area contributed by atoms with Crippen LogP contribution in [0.5, 0.6) is 0 Å². The summed E-state index contributed by atoms with van der Waals surface area (Å²) in [5, 5.41) is 11.1. The molecular weight excluding hydrogens is 345 g/mol. The summed E-state index contributed by atoms with van der Waals surface area (Å²) in [6, 6.07) is 8.18. The fraction of sp³-hybridized carbons (Fsp3) is 0.188. The van der Waals surface area contributed by atoms with Gasteiger partial charge in [-0.15, -0.1) is 10.2 Å². The van der Waals surface area contributed by atoms with Crippen LogP contribution in [0.25, 0.3) is 11.6 Å². The van der Waals surface area contributed by atoms with Gasteiger partial charge in [0.25, 0.3) is 0 Å². The first-order valence-electron chi connectivity index (χ1n) is 7.43. The van der Waals surface area contributed by atoms with E-state index in [4.69, 9.17) is 10.3 Å². The molecule has 0 saturated heterocycles. The zero-order valence-corrected chi connectivity index (χ0v) is 14.2. The van der Waals surface area contributed by atoms with Crippen molar-refractivity contribution in [1.82, 2.24) is 20.2 Å². The lowest BCUT2D eigenvalue weighted by molar-refractivity contribution is -0.118. The highest BCUT2D eigenvalue weighted by atomic mass is 32.2. The van der Waals surface area contributed by atoms with E-state index in [9.17, 15) is 9.18 Å². The van der Waals surface area contributed by atoms with E-state index in [-0.39, 0.29) is 17.5 Å². The molecule has 0 aliphatic carbocycles. The first-order chi connectivity index (χ1) is 12.0. The molecule has 0 saturated carbocycles. The fourth-order valence-corrected chi connectivity index (χ4v) is 2.83. The zero-order chi connectivity index (χ0) is 17.8. The van der Waals surface area contributed by atoms with Gasteiger partial charge in [-0.1, -0.05) is 23.9 Å². The number of carbonyl (C=O) groups is 1. The van der Waals surface area contributed by atoms with Gasteiger partial charge in [-0.2, -0.15) is 0 Å². The molecule has 7 nitrogen and oxygen atoms in total. The van der Waals surface area contributed by atoms with E-state index < -0.39 is 0 Å². The van der Waals surface area contributed by atoms with Crippen LogP contribution in [0.15, 0.2) is 46.2 Å². The predicted molar refractivity (Wildman–Crippen MR) is 91.6 cm³/mol. The number of carbonyl (C=O) groups excluding carboxylic acids is 1. The highest BCUT2D eigenvalue weighted by Gasteiger charge is 2.15. The lowest BCUT2D eigenvalue weighted by atomic mass is 10.1. The summed E-state index contributed by atoms with van der Waals surface area (Å²) >= 11 is 1.16. The van der Waals surface area contributed by atoms with Crippen molar-refractivity contribution in [3.8, 4) is 11.6 Å². The summed E-state index contributed by atoms with van der Waals surface area (Å²) in [6.45, 7) is 2.01. The molecule has 2 aromatic heterocycles. The molecule has 2 heterocycles. The molecule has 3 aromatic rings. The van der Waals surface area contributed by atoms with E-state index in [1.165, 1.54) is 17.0 Å². The standard InChI is InChI=1S/C16H16FN5O2S/c1-10-7-11(4-5-12(10)17)8-19-14(23)9-25-16-21-20-15(22(16)18)13-3-2-6-24-13/h2-7H,8-9,18H2,1H3,(H,19,23). The van der Waals surface area contributed by atoms with Crippen molar-refractivity contribution in [2.24, 2.45) is 0 Å². The Hall–Kier alpha value is -2.81. The van der Waals surface area contributed by atoms with Gasteiger partial charge in [-0.25, -0.2) is 9.07 Å². The molecule has 0 unspecified atom stereocenters. The second-order valence-electron chi connectivity index (χ2n) is 5.30. The highest BCUT2D eigenvalue weighted by Crippen LogP contribution is 2.21. The third-order valence-corrected chi connectivity index (χ3v) is 4.39. The number of nitrogen functional groups attached to an aromatic ring is 1. The van der Waals surface area contributed by atoms with Crippen LogP contribution < -0.4 is 11.2 Å². The number of amides is 1. The smallest absolute Gasteiger partial charge is 0.230 e. The van der Waals surface area contributed by atoms with Crippen molar-refractivity contribution in [2.45, 2.75) is 18.6 Å². The number of nitrogens with zero attached hydrogens (tertiary/aromatic N) is 3. The summed E-state index contributed by atoms with van der Waals surface area (Å²) in [4.78, 5) is 12.0. The maximum Gasteiger partial charge on any atom is 0.230 e. The van der Waals surface area contributed by atoms with Crippen molar-refractivity contribution in [1.29, 1.82) is 0 Å². The van der Waals surface area contributed by atoms with E-state index in [1.807, 2.05) is 0 Å². The SMILES string of the molecule is Cc1cc(CNC(=O)CSc2nnc(-c3ccco3)n2N)ccc1F. The first kappa shape index (κ1) is 17.0. The molecule has 0 aliphatic heterocycles. The van der Waals surface area contributed by atoms with Crippen molar-refractivity contribution >= 4 is 17.7 Å². The molecule has 0 atom stereocenters. The largest absolute Gasteiger partial charge is 0.461 e. The van der Waals surface area contributed by atoms with Crippen LogP contribution >= 0.6 is 11.8 Å². The van der Waals surface area contributed by atoms with Gasteiger partial charge in [-0.05, 0) is 36.2 Å². The lowest BCUT2D eigenvalue weighted by Gasteiger charge is -2.06. The fourth-order valence-electron chi connectivity index (χ4n) is 2.15. The van der Waals surface area contributed by atoms with Gasteiger partial charge >= 0.3 is 0 Å². The van der Waals surface area contributed by atoms with Crippen LogP contribution in [0.4, 0.5) is 4.39 Å². The second-order valence-corrected chi connectivity index (χ2v) is 6.24. The first-order valence-corrected chi connectivity index (χ1v) is 8.42. The second kappa shape index (κ2) is 7.39. The van der Waals surface area contributed by atoms with E-state index in [0.717, 1.165) is 17.3 Å². The summed E-state index contributed by atoms with van der Waals surface area (Å²) in [6.07, 6.45) is 1.52. The average molecular weight is 361 g/mol. The molecule has 130 valence electrons. The Bertz CT molecular complexity index is 879. The maximum absolute atomic E-state index is 13.2. The minimum absolute atomic E-state index is 0.133. The number of benzene rings is 1. The van der Waals surface area contributed by atoms with Crippen LogP contribution in [0, 0.1) is 12.7 Å². The molecule has 3 N–H and O–H groups in total. The van der Waals surface area contributed by atoms with Crippen LogP contribution in [-0.4, -0.2) is 26.5 Å². The number of aryl methyl sites for hydroxylation is 1. The quantitative estimate of drug-likeness (QED) is 0.515. The van der Waals surface area contributed by atoms with Crippen molar-refractivity contribution in [3.05, 3.63) is 53.5 Å². The Labute approximate surface area is 147 Å².